The van der Waals surface area contributed by atoms with Crippen LogP contribution in [-0.4, -0.2) is 37.2 Å². The third-order valence-corrected chi connectivity index (χ3v) is 12.8. The monoisotopic (exact) mass is 889 g/mol. The van der Waals surface area contributed by atoms with Gasteiger partial charge in [-0.2, -0.15) is 0 Å². The molecule has 0 unspecified atom stereocenters. The zero-order valence-corrected chi connectivity index (χ0v) is 42.6. The Hall–Kier alpha value is -1.85. The highest BCUT2D eigenvalue weighted by molar-refractivity contribution is 5.71. The second-order valence-electron chi connectivity index (χ2n) is 19.2. The summed E-state index contributed by atoms with van der Waals surface area (Å²) in [6.45, 7) is 6.67. The van der Waals surface area contributed by atoms with E-state index >= 15 is 0 Å². The van der Waals surface area contributed by atoms with Crippen LogP contribution < -0.4 is 0 Å². The Bertz CT molecular complexity index is 978. The highest BCUT2D eigenvalue weighted by Crippen LogP contribution is 2.17. The minimum Gasteiger partial charge on any atom is -0.462 e. The van der Waals surface area contributed by atoms with Crippen LogP contribution >= 0.6 is 0 Å². The molecule has 6 nitrogen and oxygen atoms in total. The first kappa shape index (κ1) is 61.1. The van der Waals surface area contributed by atoms with Crippen molar-refractivity contribution in [3.8, 4) is 0 Å². The zero-order valence-electron chi connectivity index (χ0n) is 42.6. The molecule has 0 aromatic heterocycles. The molecular weight excluding hydrogens is 781 g/mol. The van der Waals surface area contributed by atoms with E-state index in [0.717, 1.165) is 57.8 Å². The molecular formula is C57H108O6. The zero-order chi connectivity index (χ0) is 45.8. The van der Waals surface area contributed by atoms with E-state index in [1.165, 1.54) is 218 Å². The number of unbranched alkanes of at least 4 members (excludes halogenated alkanes) is 39. The van der Waals surface area contributed by atoms with Crippen molar-refractivity contribution in [3.63, 3.8) is 0 Å². The first-order valence-corrected chi connectivity index (χ1v) is 28.2. The van der Waals surface area contributed by atoms with Crippen molar-refractivity contribution in [1.82, 2.24) is 0 Å². The first-order chi connectivity index (χ1) is 31.0. The molecule has 0 saturated heterocycles. The van der Waals surface area contributed by atoms with Gasteiger partial charge in [-0.05, 0) is 44.9 Å². The van der Waals surface area contributed by atoms with E-state index in [1.807, 2.05) is 0 Å². The van der Waals surface area contributed by atoms with Gasteiger partial charge in [0.1, 0.15) is 13.2 Å². The van der Waals surface area contributed by atoms with Crippen molar-refractivity contribution < 1.29 is 28.6 Å². The summed E-state index contributed by atoms with van der Waals surface area (Å²) in [6.07, 6.45) is 59.2. The van der Waals surface area contributed by atoms with E-state index in [2.05, 4.69) is 32.9 Å². The summed E-state index contributed by atoms with van der Waals surface area (Å²) in [5, 5.41) is 0. The van der Waals surface area contributed by atoms with Crippen LogP contribution in [0.5, 0.6) is 0 Å². The Morgan fingerprint density at radius 3 is 0.794 bits per heavy atom. The molecule has 6 heteroatoms. The third kappa shape index (κ3) is 51.0. The predicted octanol–water partition coefficient (Wildman–Crippen LogP) is 18.5. The molecule has 0 heterocycles. The molecule has 0 spiro atoms. The lowest BCUT2D eigenvalue weighted by atomic mass is 10.0. The van der Waals surface area contributed by atoms with Gasteiger partial charge in [-0.1, -0.05) is 264 Å². The molecule has 1 atom stereocenters. The highest BCUT2D eigenvalue weighted by Gasteiger charge is 2.19. The molecule has 0 amide bonds. The largest absolute Gasteiger partial charge is 0.462 e. The quantitative estimate of drug-likeness (QED) is 0.0262. The van der Waals surface area contributed by atoms with Gasteiger partial charge >= 0.3 is 17.9 Å². The summed E-state index contributed by atoms with van der Waals surface area (Å²) in [5.41, 5.74) is 0. The Morgan fingerprint density at radius 1 is 0.302 bits per heavy atom. The van der Waals surface area contributed by atoms with E-state index in [4.69, 9.17) is 14.2 Å². The van der Waals surface area contributed by atoms with Crippen LogP contribution in [0.4, 0.5) is 0 Å². The minimum absolute atomic E-state index is 0.0642. The highest BCUT2D eigenvalue weighted by atomic mass is 16.6. The maximum absolute atomic E-state index is 12.8. The fourth-order valence-corrected chi connectivity index (χ4v) is 8.50. The number of carbonyl (C=O) groups excluding carboxylic acids is 3. The average molecular weight is 889 g/mol. The number of allylic oxidation sites excluding steroid dienone is 2. The average Bonchev–Trinajstić information content (AvgIpc) is 3.28. The maximum Gasteiger partial charge on any atom is 0.306 e. The Kier molecular flexibility index (Phi) is 51.2. The molecule has 0 N–H and O–H groups in total. The fourth-order valence-electron chi connectivity index (χ4n) is 8.50. The van der Waals surface area contributed by atoms with E-state index in [0.29, 0.717) is 19.3 Å². The molecule has 372 valence electrons. The van der Waals surface area contributed by atoms with E-state index < -0.39 is 6.10 Å². The number of hydrogen-bond donors (Lipinski definition) is 0. The second kappa shape index (κ2) is 52.8. The van der Waals surface area contributed by atoms with E-state index in [1.54, 1.807) is 0 Å². The van der Waals surface area contributed by atoms with Crippen molar-refractivity contribution in [2.45, 2.75) is 322 Å². The summed E-state index contributed by atoms with van der Waals surface area (Å²) in [5.74, 6) is -0.845. The third-order valence-electron chi connectivity index (χ3n) is 12.8. The normalized spacial score (nSPS) is 12.0. The molecule has 0 bridgehead atoms. The number of rotatable bonds is 52. The summed E-state index contributed by atoms with van der Waals surface area (Å²) >= 11 is 0. The Balaban J connectivity index is 4.23. The van der Waals surface area contributed by atoms with Crippen molar-refractivity contribution in [2.75, 3.05) is 13.2 Å². The number of ether oxygens (including phenoxy) is 3. The van der Waals surface area contributed by atoms with Gasteiger partial charge in [0, 0.05) is 19.3 Å². The number of esters is 3. The smallest absolute Gasteiger partial charge is 0.306 e. The maximum atomic E-state index is 12.8. The molecule has 0 aromatic rings. The molecule has 0 fully saturated rings. The minimum atomic E-state index is -0.763. The standard InChI is InChI=1S/C57H108O6/c1-4-7-10-13-16-19-22-25-26-27-28-29-30-31-32-33-36-38-41-44-47-50-56(59)62-53-54(63-57(60)51-48-45-42-39-35-24-21-18-15-12-9-6-3)52-61-55(58)49-46-43-40-37-34-23-20-17-14-11-8-5-2/h25-26,54H,4-24,27-53H2,1-3H3/b26-25-/t54-/m0/s1. The van der Waals surface area contributed by atoms with Gasteiger partial charge in [0.2, 0.25) is 0 Å². The van der Waals surface area contributed by atoms with Crippen molar-refractivity contribution in [3.05, 3.63) is 12.2 Å². The van der Waals surface area contributed by atoms with Crippen molar-refractivity contribution in [1.29, 1.82) is 0 Å². The molecule has 0 aliphatic rings. The summed E-state index contributed by atoms with van der Waals surface area (Å²) in [4.78, 5) is 38.0. The fraction of sp³-hybridized carbons (Fsp3) is 0.912. The first-order valence-electron chi connectivity index (χ1n) is 28.2. The lowest BCUT2D eigenvalue weighted by molar-refractivity contribution is -0.167. The summed E-state index contributed by atoms with van der Waals surface area (Å²) in [6, 6.07) is 0. The topological polar surface area (TPSA) is 78.9 Å². The van der Waals surface area contributed by atoms with Crippen LogP contribution in [0.15, 0.2) is 12.2 Å². The van der Waals surface area contributed by atoms with Gasteiger partial charge in [-0.3, -0.25) is 14.4 Å². The van der Waals surface area contributed by atoms with E-state index in [9.17, 15) is 14.4 Å². The van der Waals surface area contributed by atoms with Gasteiger partial charge in [-0.25, -0.2) is 0 Å². The Labute approximate surface area is 392 Å². The lowest BCUT2D eigenvalue weighted by Crippen LogP contribution is -2.30. The van der Waals surface area contributed by atoms with Crippen LogP contribution in [0.1, 0.15) is 316 Å². The lowest BCUT2D eigenvalue weighted by Gasteiger charge is -2.18. The van der Waals surface area contributed by atoms with E-state index in [-0.39, 0.29) is 31.1 Å². The van der Waals surface area contributed by atoms with Crippen LogP contribution in [0.25, 0.3) is 0 Å². The van der Waals surface area contributed by atoms with Crippen molar-refractivity contribution >= 4 is 17.9 Å². The van der Waals surface area contributed by atoms with Crippen LogP contribution in [0.3, 0.4) is 0 Å². The number of hydrogen-bond acceptors (Lipinski definition) is 6. The summed E-state index contributed by atoms with van der Waals surface area (Å²) < 4.78 is 16.8. The van der Waals surface area contributed by atoms with Gasteiger partial charge in [0.25, 0.3) is 0 Å². The van der Waals surface area contributed by atoms with Gasteiger partial charge in [-0.15, -0.1) is 0 Å². The number of carbonyl (C=O) groups is 3. The van der Waals surface area contributed by atoms with Gasteiger partial charge in [0.05, 0.1) is 0 Å². The van der Waals surface area contributed by atoms with Crippen molar-refractivity contribution in [2.24, 2.45) is 0 Å². The predicted molar refractivity (Wildman–Crippen MR) is 270 cm³/mol. The van der Waals surface area contributed by atoms with Gasteiger partial charge < -0.3 is 14.2 Å². The molecule has 0 aliphatic carbocycles. The Morgan fingerprint density at radius 2 is 0.524 bits per heavy atom. The molecule has 0 rings (SSSR count). The SMILES string of the molecule is CCCCCCCC/C=C\CCCCCCCCCCCCCC(=O)OC[C@H](COC(=O)CCCCCCCCCCCCCC)OC(=O)CCCCCCCCCCCCCC. The van der Waals surface area contributed by atoms with Crippen LogP contribution in [0, 0.1) is 0 Å². The van der Waals surface area contributed by atoms with Gasteiger partial charge in [0.15, 0.2) is 6.10 Å². The molecule has 0 radical (unpaired) electrons. The molecule has 0 aromatic carbocycles. The van der Waals surface area contributed by atoms with Crippen LogP contribution in [-0.2, 0) is 28.6 Å². The van der Waals surface area contributed by atoms with Crippen LogP contribution in [0.2, 0.25) is 0 Å². The molecule has 0 aliphatic heterocycles. The molecule has 0 saturated carbocycles. The molecule has 63 heavy (non-hydrogen) atoms. The summed E-state index contributed by atoms with van der Waals surface area (Å²) in [7, 11) is 0. The second-order valence-corrected chi connectivity index (χ2v) is 19.2.